The summed E-state index contributed by atoms with van der Waals surface area (Å²) in [6.07, 6.45) is 0. The van der Waals surface area contributed by atoms with Gasteiger partial charge in [-0.2, -0.15) is 0 Å². The molecule has 0 radical (unpaired) electrons. The van der Waals surface area contributed by atoms with Gasteiger partial charge in [-0.15, -0.1) is 10.2 Å². The van der Waals surface area contributed by atoms with Crippen LogP contribution in [0.3, 0.4) is 0 Å². The average Bonchev–Trinajstić information content (AvgIpc) is 3.20. The molecule has 0 saturated carbocycles. The van der Waals surface area contributed by atoms with E-state index < -0.39 is 0 Å². The number of benzene rings is 2. The summed E-state index contributed by atoms with van der Waals surface area (Å²) in [7, 11) is 0. The van der Waals surface area contributed by atoms with Crippen molar-refractivity contribution < 1.29 is 9.59 Å². The van der Waals surface area contributed by atoms with Crippen LogP contribution in [0.25, 0.3) is 11.4 Å². The highest BCUT2D eigenvalue weighted by molar-refractivity contribution is 7.99. The molecule has 2 amide bonds. The third-order valence-electron chi connectivity index (χ3n) is 5.12. The fraction of sp³-hybridized carbons (Fsp3) is 0.360. The molecule has 0 unspecified atom stereocenters. The van der Waals surface area contributed by atoms with Gasteiger partial charge < -0.3 is 15.2 Å². The SMILES string of the molecule is CCNC(=O)c1cccc(NC(=O)CSc2nnc(-c3ccc(C(C)(C)C)cc3)n2CC)c1. The molecule has 8 heteroatoms. The number of carbonyl (C=O) groups excluding carboxylic acids is 2. The van der Waals surface area contributed by atoms with Crippen LogP contribution in [0.15, 0.2) is 53.7 Å². The number of thioether (sulfide) groups is 1. The number of nitrogens with zero attached hydrogens (tertiary/aromatic N) is 3. The lowest BCUT2D eigenvalue weighted by molar-refractivity contribution is -0.113. The number of amides is 2. The minimum Gasteiger partial charge on any atom is -0.352 e. The molecule has 2 N–H and O–H groups in total. The van der Waals surface area contributed by atoms with Crippen LogP contribution >= 0.6 is 11.8 Å². The Morgan fingerprint density at radius 1 is 1.03 bits per heavy atom. The zero-order valence-electron chi connectivity index (χ0n) is 19.8. The second-order valence-electron chi connectivity index (χ2n) is 8.65. The highest BCUT2D eigenvalue weighted by atomic mass is 32.2. The highest BCUT2D eigenvalue weighted by Crippen LogP contribution is 2.27. The molecule has 0 aliphatic heterocycles. The molecule has 0 spiro atoms. The van der Waals surface area contributed by atoms with Crippen LogP contribution in [0.5, 0.6) is 0 Å². The highest BCUT2D eigenvalue weighted by Gasteiger charge is 2.17. The van der Waals surface area contributed by atoms with Crippen LogP contribution in [0.1, 0.15) is 50.5 Å². The van der Waals surface area contributed by atoms with E-state index in [1.54, 1.807) is 24.3 Å². The number of carbonyl (C=O) groups is 2. The third kappa shape index (κ3) is 6.22. The first-order chi connectivity index (χ1) is 15.7. The Hall–Kier alpha value is -3.13. The molecule has 174 valence electrons. The number of hydrogen-bond acceptors (Lipinski definition) is 5. The van der Waals surface area contributed by atoms with Gasteiger partial charge in [-0.3, -0.25) is 9.59 Å². The minimum absolute atomic E-state index is 0.0879. The lowest BCUT2D eigenvalue weighted by Gasteiger charge is -2.19. The molecule has 2 aromatic carbocycles. The van der Waals surface area contributed by atoms with Gasteiger partial charge in [0.05, 0.1) is 5.75 Å². The number of nitrogens with one attached hydrogen (secondary N) is 2. The van der Waals surface area contributed by atoms with Crippen molar-refractivity contribution in [2.45, 2.75) is 51.7 Å². The van der Waals surface area contributed by atoms with Gasteiger partial charge in [0, 0.05) is 29.9 Å². The first kappa shape index (κ1) is 24.5. The number of hydrogen-bond donors (Lipinski definition) is 2. The first-order valence-corrected chi connectivity index (χ1v) is 12.1. The van der Waals surface area contributed by atoms with Gasteiger partial charge in [0.1, 0.15) is 0 Å². The monoisotopic (exact) mass is 465 g/mol. The first-order valence-electron chi connectivity index (χ1n) is 11.1. The van der Waals surface area contributed by atoms with Crippen molar-refractivity contribution in [3.05, 3.63) is 59.7 Å². The van der Waals surface area contributed by atoms with Crippen LogP contribution < -0.4 is 10.6 Å². The zero-order valence-corrected chi connectivity index (χ0v) is 20.6. The maximum absolute atomic E-state index is 12.5. The lowest BCUT2D eigenvalue weighted by Crippen LogP contribution is -2.23. The summed E-state index contributed by atoms with van der Waals surface area (Å²) in [5.74, 6) is 0.638. The zero-order chi connectivity index (χ0) is 24.0. The molecule has 1 aromatic heterocycles. The Balaban J connectivity index is 1.66. The van der Waals surface area contributed by atoms with Gasteiger partial charge in [-0.05, 0) is 43.0 Å². The second-order valence-corrected chi connectivity index (χ2v) is 9.60. The summed E-state index contributed by atoms with van der Waals surface area (Å²) >= 11 is 1.34. The smallest absolute Gasteiger partial charge is 0.251 e. The quantitative estimate of drug-likeness (QED) is 0.469. The molecule has 0 bridgehead atoms. The van der Waals surface area contributed by atoms with E-state index in [2.05, 4.69) is 65.9 Å². The molecule has 0 saturated heterocycles. The summed E-state index contributed by atoms with van der Waals surface area (Å²) in [5, 5.41) is 15.0. The Kier molecular flexibility index (Phi) is 7.92. The van der Waals surface area contributed by atoms with E-state index in [1.165, 1.54) is 17.3 Å². The van der Waals surface area contributed by atoms with Crippen molar-refractivity contribution in [1.82, 2.24) is 20.1 Å². The van der Waals surface area contributed by atoms with E-state index in [0.717, 1.165) is 11.4 Å². The second kappa shape index (κ2) is 10.7. The van der Waals surface area contributed by atoms with E-state index in [-0.39, 0.29) is 23.0 Å². The van der Waals surface area contributed by atoms with Crippen molar-refractivity contribution in [2.24, 2.45) is 0 Å². The van der Waals surface area contributed by atoms with Crippen LogP contribution in [0.4, 0.5) is 5.69 Å². The van der Waals surface area contributed by atoms with E-state index >= 15 is 0 Å². The number of anilines is 1. The molecule has 3 aromatic rings. The van der Waals surface area contributed by atoms with Crippen LogP contribution in [-0.4, -0.2) is 38.9 Å². The topological polar surface area (TPSA) is 88.9 Å². The molecule has 1 heterocycles. The predicted octanol–water partition coefficient (Wildman–Crippen LogP) is 4.74. The van der Waals surface area contributed by atoms with Gasteiger partial charge in [-0.25, -0.2) is 0 Å². The summed E-state index contributed by atoms with van der Waals surface area (Å²) < 4.78 is 2.01. The van der Waals surface area contributed by atoms with Crippen molar-refractivity contribution in [3.8, 4) is 11.4 Å². The fourth-order valence-corrected chi connectivity index (χ4v) is 4.14. The average molecular weight is 466 g/mol. The van der Waals surface area contributed by atoms with Crippen molar-refractivity contribution in [1.29, 1.82) is 0 Å². The van der Waals surface area contributed by atoms with Gasteiger partial charge in [0.15, 0.2) is 11.0 Å². The third-order valence-corrected chi connectivity index (χ3v) is 6.09. The van der Waals surface area contributed by atoms with Crippen molar-refractivity contribution >= 4 is 29.3 Å². The van der Waals surface area contributed by atoms with E-state index in [9.17, 15) is 9.59 Å². The summed E-state index contributed by atoms with van der Waals surface area (Å²) in [5.41, 5.74) is 3.44. The largest absolute Gasteiger partial charge is 0.352 e. The van der Waals surface area contributed by atoms with Crippen molar-refractivity contribution in [2.75, 3.05) is 17.6 Å². The van der Waals surface area contributed by atoms with Gasteiger partial charge in [-0.1, -0.05) is 62.9 Å². The summed E-state index contributed by atoms with van der Waals surface area (Å²) in [6, 6.07) is 15.3. The maximum Gasteiger partial charge on any atom is 0.251 e. The standard InChI is InChI=1S/C25H31N5O2S/c1-6-26-23(32)18-9-8-10-20(15-18)27-21(31)16-33-24-29-28-22(30(24)7-2)17-11-13-19(14-12-17)25(3,4)5/h8-15H,6-7,16H2,1-5H3,(H,26,32)(H,27,31). The molecule has 3 rings (SSSR count). The maximum atomic E-state index is 12.5. The Morgan fingerprint density at radius 2 is 1.76 bits per heavy atom. The molecule has 0 atom stereocenters. The van der Waals surface area contributed by atoms with Gasteiger partial charge in [0.2, 0.25) is 5.91 Å². The van der Waals surface area contributed by atoms with Crippen LogP contribution in [-0.2, 0) is 16.8 Å². The molecule has 33 heavy (non-hydrogen) atoms. The van der Waals surface area contributed by atoms with Crippen molar-refractivity contribution in [3.63, 3.8) is 0 Å². The van der Waals surface area contributed by atoms with Gasteiger partial charge >= 0.3 is 0 Å². The van der Waals surface area contributed by atoms with E-state index in [4.69, 9.17) is 0 Å². The molecule has 7 nitrogen and oxygen atoms in total. The van der Waals surface area contributed by atoms with E-state index in [1.807, 2.05) is 18.4 Å². The lowest BCUT2D eigenvalue weighted by atomic mass is 9.87. The summed E-state index contributed by atoms with van der Waals surface area (Å²) in [6.45, 7) is 11.7. The molecule has 0 aliphatic rings. The normalized spacial score (nSPS) is 11.3. The molecular weight excluding hydrogens is 434 g/mol. The fourth-order valence-electron chi connectivity index (χ4n) is 3.34. The van der Waals surface area contributed by atoms with Crippen LogP contribution in [0.2, 0.25) is 0 Å². The Labute approximate surface area is 199 Å². The van der Waals surface area contributed by atoms with Gasteiger partial charge in [0.25, 0.3) is 5.91 Å². The Bertz CT molecular complexity index is 1120. The summed E-state index contributed by atoms with van der Waals surface area (Å²) in [4.78, 5) is 24.5. The predicted molar refractivity (Wildman–Crippen MR) is 134 cm³/mol. The Morgan fingerprint density at radius 3 is 2.39 bits per heavy atom. The molecule has 0 aliphatic carbocycles. The molecular formula is C25H31N5O2S. The minimum atomic E-state index is -0.171. The van der Waals surface area contributed by atoms with Crippen LogP contribution in [0, 0.1) is 0 Å². The molecule has 0 fully saturated rings. The van der Waals surface area contributed by atoms with E-state index in [0.29, 0.717) is 29.5 Å². The number of aromatic nitrogens is 3. The number of rotatable bonds is 8.